The summed E-state index contributed by atoms with van der Waals surface area (Å²) in [6, 6.07) is 5.52. The van der Waals surface area contributed by atoms with Crippen molar-refractivity contribution in [3.8, 4) is 0 Å². The minimum Gasteiger partial charge on any atom is -0.379 e. The Bertz CT molecular complexity index is 609. The summed E-state index contributed by atoms with van der Waals surface area (Å²) >= 11 is 3.20. The molecule has 2 aromatic rings. The van der Waals surface area contributed by atoms with Crippen LogP contribution in [0.2, 0.25) is 0 Å². The Morgan fingerprint density at radius 2 is 1.95 bits per heavy atom. The normalized spacial score (nSPS) is 13.5. The molecular formula is C13H10BrF4NO. The summed E-state index contributed by atoms with van der Waals surface area (Å²) in [6.07, 6.45) is -4.73. The number of hydrogen-bond acceptors (Lipinski definition) is 1. The van der Waals surface area contributed by atoms with Gasteiger partial charge in [-0.25, -0.2) is 4.39 Å². The van der Waals surface area contributed by atoms with Crippen LogP contribution in [0.3, 0.4) is 0 Å². The van der Waals surface area contributed by atoms with Gasteiger partial charge in [0.25, 0.3) is 0 Å². The maximum Gasteiger partial charge on any atom is 0.418 e. The maximum atomic E-state index is 13.5. The molecule has 1 heterocycles. The Morgan fingerprint density at radius 3 is 2.60 bits per heavy atom. The third-order valence-electron chi connectivity index (χ3n) is 2.76. The summed E-state index contributed by atoms with van der Waals surface area (Å²) in [5, 5.41) is 9.12. The number of hydrogen-bond donors (Lipinski definition) is 1. The predicted octanol–water partition coefficient (Wildman–Crippen LogP) is 4.03. The second-order valence-corrected chi connectivity index (χ2v) is 5.21. The Kier molecular flexibility index (Phi) is 4.19. The predicted molar refractivity (Wildman–Crippen MR) is 68.6 cm³/mol. The summed E-state index contributed by atoms with van der Waals surface area (Å²) in [6.45, 7) is 0.0792. The second kappa shape index (κ2) is 5.57. The smallest absolute Gasteiger partial charge is 0.379 e. The minimum atomic E-state index is -4.72. The summed E-state index contributed by atoms with van der Waals surface area (Å²) < 4.78 is 52.7. The molecule has 0 aliphatic carbocycles. The van der Waals surface area contributed by atoms with E-state index >= 15 is 0 Å². The van der Waals surface area contributed by atoms with Gasteiger partial charge in [-0.3, -0.25) is 0 Å². The van der Waals surface area contributed by atoms with Crippen LogP contribution in [0.5, 0.6) is 0 Å². The van der Waals surface area contributed by atoms with Crippen LogP contribution in [-0.2, 0) is 6.54 Å². The first kappa shape index (κ1) is 15.1. The van der Waals surface area contributed by atoms with Crippen molar-refractivity contribution in [1.82, 2.24) is 4.57 Å². The number of rotatable bonds is 3. The lowest BCUT2D eigenvalue weighted by molar-refractivity contribution is -0.206. The fourth-order valence-corrected chi connectivity index (χ4v) is 2.18. The molecule has 0 bridgehead atoms. The van der Waals surface area contributed by atoms with Gasteiger partial charge in [0.2, 0.25) is 0 Å². The molecule has 1 aromatic carbocycles. The number of aliphatic hydroxyl groups is 1. The number of alkyl halides is 3. The van der Waals surface area contributed by atoms with Gasteiger partial charge in [0.1, 0.15) is 5.82 Å². The van der Waals surface area contributed by atoms with Gasteiger partial charge in [0.05, 0.1) is 0 Å². The van der Waals surface area contributed by atoms with Crippen LogP contribution in [0, 0.1) is 5.82 Å². The minimum absolute atomic E-state index is 0.0792. The standard InChI is InChI=1S/C13H10BrF4NO/c14-10-1-2-11(15)9(5-10)7-19-4-3-8(6-19)12(20)13(16,17)18/h1-6,12,20H,7H2. The van der Waals surface area contributed by atoms with E-state index in [0.29, 0.717) is 10.0 Å². The molecule has 108 valence electrons. The van der Waals surface area contributed by atoms with Crippen molar-refractivity contribution in [3.63, 3.8) is 0 Å². The first-order valence-corrected chi connectivity index (χ1v) is 6.41. The Labute approximate surface area is 120 Å². The number of nitrogens with zero attached hydrogens (tertiary/aromatic N) is 1. The monoisotopic (exact) mass is 351 g/mol. The van der Waals surface area contributed by atoms with Gasteiger partial charge in [0, 0.05) is 34.5 Å². The zero-order chi connectivity index (χ0) is 14.9. The molecule has 20 heavy (non-hydrogen) atoms. The zero-order valence-corrected chi connectivity index (χ0v) is 11.6. The quantitative estimate of drug-likeness (QED) is 0.829. The van der Waals surface area contributed by atoms with E-state index in [1.807, 2.05) is 0 Å². The van der Waals surface area contributed by atoms with Gasteiger partial charge in [-0.2, -0.15) is 13.2 Å². The van der Waals surface area contributed by atoms with Crippen molar-refractivity contribution in [2.75, 3.05) is 0 Å². The van der Waals surface area contributed by atoms with E-state index in [1.165, 1.54) is 22.9 Å². The van der Waals surface area contributed by atoms with Crippen molar-refractivity contribution in [2.24, 2.45) is 0 Å². The topological polar surface area (TPSA) is 25.2 Å². The largest absolute Gasteiger partial charge is 0.418 e. The van der Waals surface area contributed by atoms with Crippen molar-refractivity contribution < 1.29 is 22.7 Å². The van der Waals surface area contributed by atoms with Gasteiger partial charge in [0.15, 0.2) is 6.10 Å². The molecule has 0 aliphatic heterocycles. The average molecular weight is 352 g/mol. The molecule has 1 aromatic heterocycles. The van der Waals surface area contributed by atoms with Crippen LogP contribution < -0.4 is 0 Å². The van der Waals surface area contributed by atoms with Crippen molar-refractivity contribution in [1.29, 1.82) is 0 Å². The Morgan fingerprint density at radius 1 is 1.25 bits per heavy atom. The zero-order valence-electron chi connectivity index (χ0n) is 10.0. The van der Waals surface area contributed by atoms with Gasteiger partial charge < -0.3 is 9.67 Å². The van der Waals surface area contributed by atoms with Crippen LogP contribution >= 0.6 is 15.9 Å². The van der Waals surface area contributed by atoms with Crippen LogP contribution in [0.4, 0.5) is 17.6 Å². The highest BCUT2D eigenvalue weighted by Crippen LogP contribution is 2.32. The first-order valence-electron chi connectivity index (χ1n) is 5.62. The number of aliphatic hydroxyl groups excluding tert-OH is 1. The van der Waals surface area contributed by atoms with Gasteiger partial charge in [-0.05, 0) is 24.3 Å². The van der Waals surface area contributed by atoms with Crippen LogP contribution in [-0.4, -0.2) is 15.8 Å². The molecule has 2 rings (SSSR count). The highest BCUT2D eigenvalue weighted by Gasteiger charge is 2.39. The fraction of sp³-hybridized carbons (Fsp3) is 0.231. The lowest BCUT2D eigenvalue weighted by Crippen LogP contribution is -2.19. The van der Waals surface area contributed by atoms with E-state index in [1.54, 1.807) is 6.07 Å². The SMILES string of the molecule is OC(c1ccn(Cc2cc(Br)ccc2F)c1)C(F)(F)F. The van der Waals surface area contributed by atoms with E-state index < -0.39 is 18.1 Å². The van der Waals surface area contributed by atoms with Gasteiger partial charge in [-0.15, -0.1) is 0 Å². The Hall–Kier alpha value is -1.34. The van der Waals surface area contributed by atoms with Gasteiger partial charge >= 0.3 is 6.18 Å². The van der Waals surface area contributed by atoms with E-state index in [9.17, 15) is 17.6 Å². The molecule has 0 saturated carbocycles. The number of halogens is 5. The van der Waals surface area contributed by atoms with E-state index in [0.717, 1.165) is 12.3 Å². The lowest BCUT2D eigenvalue weighted by Gasteiger charge is -2.12. The summed E-state index contributed by atoms with van der Waals surface area (Å²) in [5.41, 5.74) is 0.0657. The molecule has 2 nitrogen and oxygen atoms in total. The highest BCUT2D eigenvalue weighted by atomic mass is 79.9. The van der Waals surface area contributed by atoms with Gasteiger partial charge in [-0.1, -0.05) is 15.9 Å². The first-order chi connectivity index (χ1) is 9.27. The third kappa shape index (κ3) is 3.40. The van der Waals surface area contributed by atoms with Crippen LogP contribution in [0.25, 0.3) is 0 Å². The molecular weight excluding hydrogens is 342 g/mol. The van der Waals surface area contributed by atoms with E-state index in [4.69, 9.17) is 5.11 Å². The Balaban J connectivity index is 2.20. The van der Waals surface area contributed by atoms with Crippen molar-refractivity contribution >= 4 is 15.9 Å². The second-order valence-electron chi connectivity index (χ2n) is 4.30. The van der Waals surface area contributed by atoms with Crippen LogP contribution in [0.1, 0.15) is 17.2 Å². The average Bonchev–Trinajstić information content (AvgIpc) is 2.80. The molecule has 7 heteroatoms. The molecule has 0 fully saturated rings. The number of aromatic nitrogens is 1. The summed E-state index contributed by atoms with van der Waals surface area (Å²) in [5.74, 6) is -0.445. The highest BCUT2D eigenvalue weighted by molar-refractivity contribution is 9.10. The molecule has 0 spiro atoms. The molecule has 1 atom stereocenters. The summed E-state index contributed by atoms with van der Waals surface area (Å²) in [7, 11) is 0. The third-order valence-corrected chi connectivity index (χ3v) is 3.25. The van der Waals surface area contributed by atoms with E-state index in [2.05, 4.69) is 15.9 Å². The molecule has 1 N–H and O–H groups in total. The van der Waals surface area contributed by atoms with Crippen molar-refractivity contribution in [3.05, 3.63) is 58.1 Å². The van der Waals surface area contributed by atoms with E-state index in [-0.39, 0.29) is 12.1 Å². The molecule has 0 radical (unpaired) electrons. The molecule has 1 unspecified atom stereocenters. The number of benzene rings is 1. The molecule has 0 saturated heterocycles. The molecule has 0 aliphatic rings. The summed E-state index contributed by atoms with van der Waals surface area (Å²) in [4.78, 5) is 0. The molecule has 0 amide bonds. The van der Waals surface area contributed by atoms with Crippen LogP contribution in [0.15, 0.2) is 41.1 Å². The maximum absolute atomic E-state index is 13.5. The van der Waals surface area contributed by atoms with Crippen molar-refractivity contribution in [2.45, 2.75) is 18.8 Å². The lowest BCUT2D eigenvalue weighted by atomic mass is 10.2. The fourth-order valence-electron chi connectivity index (χ4n) is 1.77.